The number of anilines is 1. The largest absolute Gasteiger partial charge is 0.335 e. The van der Waals surface area contributed by atoms with Gasteiger partial charge in [-0.15, -0.1) is 10.2 Å². The third-order valence-electron chi connectivity index (χ3n) is 2.44. The van der Waals surface area contributed by atoms with E-state index in [9.17, 15) is 0 Å². The summed E-state index contributed by atoms with van der Waals surface area (Å²) in [5.41, 5.74) is 3.31. The third-order valence-corrected chi connectivity index (χ3v) is 3.10. The summed E-state index contributed by atoms with van der Waals surface area (Å²) in [7, 11) is 0. The number of nitrogens with one attached hydrogen (secondary N) is 1. The number of aryl methyl sites for hydroxylation is 1. The number of benzene rings is 1. The van der Waals surface area contributed by atoms with Crippen molar-refractivity contribution >= 4 is 35.4 Å². The second-order valence-corrected chi connectivity index (χ2v) is 4.48. The topological polar surface area (TPSA) is 81.1 Å². The van der Waals surface area contributed by atoms with Crippen molar-refractivity contribution in [1.29, 1.82) is 0 Å². The van der Waals surface area contributed by atoms with E-state index in [-0.39, 0.29) is 0 Å². The Labute approximate surface area is 120 Å². The second kappa shape index (κ2) is 5.90. The van der Waals surface area contributed by atoms with Gasteiger partial charge in [0.2, 0.25) is 0 Å². The number of hydrazone groups is 1. The minimum atomic E-state index is 0.344. The van der Waals surface area contributed by atoms with Crippen LogP contribution in [0.25, 0.3) is 0 Å². The molecule has 0 bridgehead atoms. The number of rotatable bonds is 4. The van der Waals surface area contributed by atoms with Crippen LogP contribution in [0.15, 0.2) is 23.3 Å². The van der Waals surface area contributed by atoms with Crippen LogP contribution in [-0.2, 0) is 6.42 Å². The predicted octanol–water partition coefficient (Wildman–Crippen LogP) is 2.31. The fraction of sp³-hybridized carbons (Fsp3) is 0.182. The maximum atomic E-state index is 6.01. The molecule has 0 aliphatic heterocycles. The van der Waals surface area contributed by atoms with Crippen molar-refractivity contribution < 1.29 is 0 Å². The van der Waals surface area contributed by atoms with Crippen LogP contribution in [0.5, 0.6) is 0 Å². The molecule has 3 N–H and O–H groups in total. The fourth-order valence-electron chi connectivity index (χ4n) is 1.43. The molecule has 0 aliphatic carbocycles. The van der Waals surface area contributed by atoms with Crippen LogP contribution >= 0.6 is 23.2 Å². The Kier molecular flexibility index (Phi) is 4.24. The lowest BCUT2D eigenvalue weighted by Crippen LogP contribution is -2.14. The van der Waals surface area contributed by atoms with Crippen molar-refractivity contribution in [2.24, 2.45) is 5.10 Å². The molecule has 0 unspecified atom stereocenters. The summed E-state index contributed by atoms with van der Waals surface area (Å²) in [6, 6.07) is 5.23. The SMILES string of the molecule is CCc1nnc(N/N=C/c2c(Cl)cccc2Cl)n1N. The summed E-state index contributed by atoms with van der Waals surface area (Å²) in [4.78, 5) is 0. The van der Waals surface area contributed by atoms with Crippen molar-refractivity contribution in [3.05, 3.63) is 39.6 Å². The van der Waals surface area contributed by atoms with Gasteiger partial charge in [-0.1, -0.05) is 36.2 Å². The molecule has 0 saturated heterocycles. The maximum Gasteiger partial charge on any atom is 0.263 e. The molecule has 1 aromatic carbocycles. The highest BCUT2D eigenvalue weighted by atomic mass is 35.5. The van der Waals surface area contributed by atoms with Gasteiger partial charge in [0.05, 0.1) is 16.3 Å². The summed E-state index contributed by atoms with van der Waals surface area (Å²) >= 11 is 12.0. The molecule has 19 heavy (non-hydrogen) atoms. The molecule has 6 nitrogen and oxygen atoms in total. The lowest BCUT2D eigenvalue weighted by atomic mass is 10.2. The van der Waals surface area contributed by atoms with Crippen molar-refractivity contribution in [3.8, 4) is 0 Å². The fourth-order valence-corrected chi connectivity index (χ4v) is 1.92. The average Bonchev–Trinajstić information content (AvgIpc) is 2.74. The van der Waals surface area contributed by atoms with Crippen LogP contribution < -0.4 is 11.3 Å². The highest BCUT2D eigenvalue weighted by Crippen LogP contribution is 2.22. The van der Waals surface area contributed by atoms with Crippen molar-refractivity contribution in [2.45, 2.75) is 13.3 Å². The molecule has 0 aliphatic rings. The Morgan fingerprint density at radius 1 is 1.37 bits per heavy atom. The first-order chi connectivity index (χ1) is 9.13. The number of aromatic nitrogens is 3. The monoisotopic (exact) mass is 298 g/mol. The average molecular weight is 299 g/mol. The van der Waals surface area contributed by atoms with Crippen LogP contribution in [0.1, 0.15) is 18.3 Å². The predicted molar refractivity (Wildman–Crippen MR) is 77.2 cm³/mol. The molecular formula is C11H12Cl2N6. The van der Waals surface area contributed by atoms with Gasteiger partial charge in [-0.05, 0) is 12.1 Å². The van der Waals surface area contributed by atoms with Gasteiger partial charge in [-0.25, -0.2) is 10.1 Å². The molecule has 1 heterocycles. The maximum absolute atomic E-state index is 6.01. The molecule has 0 amide bonds. The Hall–Kier alpha value is -1.79. The molecule has 2 aromatic rings. The van der Waals surface area contributed by atoms with E-state index in [2.05, 4.69) is 20.7 Å². The first-order valence-electron chi connectivity index (χ1n) is 5.56. The van der Waals surface area contributed by atoms with E-state index < -0.39 is 0 Å². The molecular weight excluding hydrogens is 287 g/mol. The van der Waals surface area contributed by atoms with Crippen LogP contribution in [0.2, 0.25) is 10.0 Å². The smallest absolute Gasteiger partial charge is 0.263 e. The summed E-state index contributed by atoms with van der Waals surface area (Å²) in [6.07, 6.45) is 2.19. The Bertz CT molecular complexity index is 587. The lowest BCUT2D eigenvalue weighted by Gasteiger charge is -2.02. The number of hydrogen-bond donors (Lipinski definition) is 2. The molecule has 0 fully saturated rings. The van der Waals surface area contributed by atoms with Crippen LogP contribution in [0, 0.1) is 0 Å². The zero-order valence-corrected chi connectivity index (χ0v) is 11.7. The summed E-state index contributed by atoms with van der Waals surface area (Å²) < 4.78 is 1.34. The molecule has 2 rings (SSSR count). The van der Waals surface area contributed by atoms with Gasteiger partial charge in [0.1, 0.15) is 0 Å². The highest BCUT2D eigenvalue weighted by molar-refractivity contribution is 6.38. The first-order valence-corrected chi connectivity index (χ1v) is 6.31. The van der Waals surface area contributed by atoms with Gasteiger partial charge in [0, 0.05) is 12.0 Å². The lowest BCUT2D eigenvalue weighted by molar-refractivity contribution is 0.855. The van der Waals surface area contributed by atoms with Crippen molar-refractivity contribution in [2.75, 3.05) is 11.3 Å². The van der Waals surface area contributed by atoms with E-state index in [1.807, 2.05) is 6.92 Å². The van der Waals surface area contributed by atoms with Gasteiger partial charge in [-0.2, -0.15) is 5.10 Å². The zero-order chi connectivity index (χ0) is 13.8. The summed E-state index contributed by atoms with van der Waals surface area (Å²) in [6.45, 7) is 1.93. The van der Waals surface area contributed by atoms with E-state index in [1.165, 1.54) is 10.9 Å². The quantitative estimate of drug-likeness (QED) is 0.515. The van der Waals surface area contributed by atoms with Gasteiger partial charge in [-0.3, -0.25) is 0 Å². The third kappa shape index (κ3) is 2.97. The van der Waals surface area contributed by atoms with Gasteiger partial charge in [0.15, 0.2) is 5.82 Å². The van der Waals surface area contributed by atoms with Gasteiger partial charge < -0.3 is 5.84 Å². The normalized spacial score (nSPS) is 11.1. The number of halogens is 2. The van der Waals surface area contributed by atoms with E-state index in [0.29, 0.717) is 33.8 Å². The molecule has 0 spiro atoms. The molecule has 0 saturated carbocycles. The number of hydrogen-bond acceptors (Lipinski definition) is 5. The van der Waals surface area contributed by atoms with Crippen molar-refractivity contribution in [1.82, 2.24) is 14.9 Å². The molecule has 8 heteroatoms. The van der Waals surface area contributed by atoms with E-state index in [4.69, 9.17) is 29.0 Å². The van der Waals surface area contributed by atoms with Crippen LogP contribution in [-0.4, -0.2) is 21.1 Å². The Morgan fingerprint density at radius 2 is 2.05 bits per heavy atom. The summed E-state index contributed by atoms with van der Waals surface area (Å²) in [5.74, 6) is 6.76. The van der Waals surface area contributed by atoms with E-state index in [0.717, 1.165) is 0 Å². The minimum Gasteiger partial charge on any atom is -0.335 e. The zero-order valence-electron chi connectivity index (χ0n) is 10.1. The van der Waals surface area contributed by atoms with Crippen LogP contribution in [0.3, 0.4) is 0 Å². The Morgan fingerprint density at radius 3 is 2.63 bits per heavy atom. The molecule has 1 aromatic heterocycles. The van der Waals surface area contributed by atoms with Gasteiger partial charge in [0.25, 0.3) is 5.95 Å². The van der Waals surface area contributed by atoms with Crippen molar-refractivity contribution in [3.63, 3.8) is 0 Å². The second-order valence-electron chi connectivity index (χ2n) is 3.67. The highest BCUT2D eigenvalue weighted by Gasteiger charge is 2.06. The number of nitrogens with zero attached hydrogens (tertiary/aromatic N) is 4. The molecule has 100 valence electrons. The number of nitrogens with two attached hydrogens (primary N) is 1. The van der Waals surface area contributed by atoms with E-state index in [1.54, 1.807) is 18.2 Å². The number of nitrogen functional groups attached to an aromatic ring is 1. The standard InChI is InChI=1S/C11H12Cl2N6/c1-2-10-16-18-11(19(10)14)17-15-6-7-8(12)4-3-5-9(7)13/h3-6H,2,14H2,1H3,(H,17,18)/b15-6+. The molecule has 0 radical (unpaired) electrons. The summed E-state index contributed by atoms with van der Waals surface area (Å²) in [5, 5.41) is 12.8. The van der Waals surface area contributed by atoms with Crippen LogP contribution in [0.4, 0.5) is 5.95 Å². The van der Waals surface area contributed by atoms with Gasteiger partial charge >= 0.3 is 0 Å². The van der Waals surface area contributed by atoms with E-state index >= 15 is 0 Å². The first kappa shape index (κ1) is 13.6. The Balaban J connectivity index is 2.14. The molecule has 0 atom stereocenters. The minimum absolute atomic E-state index is 0.344.